The van der Waals surface area contributed by atoms with Crippen LogP contribution in [0.15, 0.2) is 0 Å². The second kappa shape index (κ2) is 10.9. The molecule has 0 aliphatic carbocycles. The fourth-order valence-corrected chi connectivity index (χ4v) is 4.88. The van der Waals surface area contributed by atoms with Crippen molar-refractivity contribution in [2.24, 2.45) is 5.92 Å². The van der Waals surface area contributed by atoms with Gasteiger partial charge in [-0.05, 0) is 38.8 Å². The smallest absolute Gasteiger partial charge is 0.228 e. The molecule has 1 atom stereocenters. The largest absolute Gasteiger partial charge is 0.355 e. The van der Waals surface area contributed by atoms with Crippen LogP contribution in [0, 0.1) is 5.92 Å². The Morgan fingerprint density at radius 3 is 2.76 bits per heavy atom. The minimum Gasteiger partial charge on any atom is -0.355 e. The van der Waals surface area contributed by atoms with Crippen LogP contribution in [-0.2, 0) is 9.59 Å². The lowest BCUT2D eigenvalue weighted by molar-refractivity contribution is -0.125. The Bertz CT molecular complexity index is 682. The average Bonchev–Trinajstić information content (AvgIpc) is 3.39. The molecule has 0 spiro atoms. The Hall–Kier alpha value is -1.74. The number of nitrogens with one attached hydrogen (secondary N) is 1. The third-order valence-electron chi connectivity index (χ3n) is 5.77. The van der Waals surface area contributed by atoms with Crippen molar-refractivity contribution in [1.29, 1.82) is 0 Å². The molecule has 2 aliphatic rings. The van der Waals surface area contributed by atoms with Crippen molar-refractivity contribution in [2.75, 3.05) is 55.6 Å². The van der Waals surface area contributed by atoms with E-state index in [1.807, 2.05) is 0 Å². The monoisotopic (exact) mass is 422 g/mol. The average molecular weight is 423 g/mol. The van der Waals surface area contributed by atoms with Crippen molar-refractivity contribution < 1.29 is 9.59 Å². The highest BCUT2D eigenvalue weighted by Crippen LogP contribution is 2.32. The molecule has 0 aromatic carbocycles. The molecule has 2 fully saturated rings. The van der Waals surface area contributed by atoms with Gasteiger partial charge in [0.1, 0.15) is 0 Å². The molecule has 162 valence electrons. The molecule has 0 unspecified atom stereocenters. The number of amides is 2. The van der Waals surface area contributed by atoms with Gasteiger partial charge in [0.05, 0.1) is 5.92 Å². The van der Waals surface area contributed by atoms with Crippen LogP contribution in [0.2, 0.25) is 0 Å². The molecule has 29 heavy (non-hydrogen) atoms. The van der Waals surface area contributed by atoms with E-state index in [0.29, 0.717) is 24.6 Å². The molecule has 2 saturated heterocycles. The van der Waals surface area contributed by atoms with E-state index in [0.717, 1.165) is 57.1 Å². The zero-order chi connectivity index (χ0) is 20.6. The molecule has 1 aromatic rings. The third kappa shape index (κ3) is 5.88. The molecule has 9 heteroatoms. The first kappa shape index (κ1) is 22.0. The number of rotatable bonds is 10. The maximum atomic E-state index is 12.7. The third-order valence-corrected chi connectivity index (χ3v) is 6.78. The first-order valence-electron chi connectivity index (χ1n) is 11.0. The van der Waals surface area contributed by atoms with Crippen LogP contribution >= 0.6 is 11.3 Å². The molecule has 1 N–H and O–H groups in total. The predicted molar refractivity (Wildman–Crippen MR) is 116 cm³/mol. The summed E-state index contributed by atoms with van der Waals surface area (Å²) >= 11 is 1.46. The Morgan fingerprint density at radius 1 is 1.21 bits per heavy atom. The first-order chi connectivity index (χ1) is 14.1. The Labute approximate surface area is 177 Å². The van der Waals surface area contributed by atoms with Crippen molar-refractivity contribution >= 4 is 33.4 Å². The maximum absolute atomic E-state index is 12.7. The van der Waals surface area contributed by atoms with E-state index in [4.69, 9.17) is 0 Å². The van der Waals surface area contributed by atoms with Gasteiger partial charge in [-0.15, -0.1) is 10.2 Å². The van der Waals surface area contributed by atoms with Crippen molar-refractivity contribution in [3.8, 4) is 0 Å². The standard InChI is InChI=1S/C20H34N6O2S/c1-3-5-11-24(4-2)14-10-21-18(28)16-8-6-12-25(15-16)19-22-23-20(29-19)26-13-7-9-17(26)27/h16H,3-15H2,1-2H3,(H,21,28)/t16-/m0/s1. The minimum absolute atomic E-state index is 0.0183. The normalized spacial score (nSPS) is 20.0. The van der Waals surface area contributed by atoms with Gasteiger partial charge in [-0.1, -0.05) is 31.6 Å². The number of piperidine rings is 1. The van der Waals surface area contributed by atoms with E-state index in [2.05, 4.69) is 39.2 Å². The summed E-state index contributed by atoms with van der Waals surface area (Å²) in [5, 5.41) is 13.1. The summed E-state index contributed by atoms with van der Waals surface area (Å²) in [6.45, 7) is 10.4. The number of aromatic nitrogens is 2. The molecule has 0 saturated carbocycles. The van der Waals surface area contributed by atoms with Gasteiger partial charge in [0.25, 0.3) is 0 Å². The first-order valence-corrected chi connectivity index (χ1v) is 11.8. The topological polar surface area (TPSA) is 81.7 Å². The Kier molecular flexibility index (Phi) is 8.23. The number of hydrogen-bond acceptors (Lipinski definition) is 7. The lowest BCUT2D eigenvalue weighted by Gasteiger charge is -2.31. The minimum atomic E-state index is -0.0183. The number of anilines is 2. The zero-order valence-electron chi connectivity index (χ0n) is 17.7. The van der Waals surface area contributed by atoms with Gasteiger partial charge < -0.3 is 15.1 Å². The van der Waals surface area contributed by atoms with Gasteiger partial charge in [0.2, 0.25) is 22.1 Å². The fraction of sp³-hybridized carbons (Fsp3) is 0.800. The van der Waals surface area contributed by atoms with Gasteiger partial charge in [-0.3, -0.25) is 14.5 Å². The second-order valence-electron chi connectivity index (χ2n) is 7.88. The summed E-state index contributed by atoms with van der Waals surface area (Å²) in [4.78, 5) is 30.9. The van der Waals surface area contributed by atoms with E-state index < -0.39 is 0 Å². The van der Waals surface area contributed by atoms with E-state index >= 15 is 0 Å². The van der Waals surface area contributed by atoms with Gasteiger partial charge >= 0.3 is 0 Å². The van der Waals surface area contributed by atoms with Crippen LogP contribution in [0.25, 0.3) is 0 Å². The van der Waals surface area contributed by atoms with Crippen molar-refractivity contribution in [1.82, 2.24) is 20.4 Å². The fourth-order valence-electron chi connectivity index (χ4n) is 3.95. The molecule has 0 radical (unpaired) electrons. The number of hydrogen-bond donors (Lipinski definition) is 1. The number of likely N-dealkylation sites (N-methyl/N-ethyl adjacent to an activating group) is 1. The predicted octanol–water partition coefficient (Wildman–Crippen LogP) is 2.12. The highest BCUT2D eigenvalue weighted by atomic mass is 32.1. The van der Waals surface area contributed by atoms with E-state index in [-0.39, 0.29) is 17.7 Å². The lowest BCUT2D eigenvalue weighted by Crippen LogP contribution is -2.44. The summed E-state index contributed by atoms with van der Waals surface area (Å²) in [5.74, 6) is 0.250. The van der Waals surface area contributed by atoms with Crippen LogP contribution in [-0.4, -0.2) is 72.7 Å². The highest BCUT2D eigenvalue weighted by Gasteiger charge is 2.30. The molecule has 3 heterocycles. The molecular weight excluding hydrogens is 388 g/mol. The van der Waals surface area contributed by atoms with Crippen molar-refractivity contribution in [3.05, 3.63) is 0 Å². The number of nitrogens with zero attached hydrogens (tertiary/aromatic N) is 5. The van der Waals surface area contributed by atoms with Gasteiger partial charge in [0.15, 0.2) is 0 Å². The maximum Gasteiger partial charge on any atom is 0.228 e. The van der Waals surface area contributed by atoms with E-state index in [9.17, 15) is 9.59 Å². The summed E-state index contributed by atoms with van der Waals surface area (Å²) in [5.41, 5.74) is 0. The van der Waals surface area contributed by atoms with Crippen LogP contribution in [0.3, 0.4) is 0 Å². The number of unbranched alkanes of at least 4 members (excludes halogenated alkanes) is 1. The van der Waals surface area contributed by atoms with Crippen LogP contribution in [0.5, 0.6) is 0 Å². The summed E-state index contributed by atoms with van der Waals surface area (Å²) in [6.07, 6.45) is 5.74. The molecule has 2 amide bonds. The van der Waals surface area contributed by atoms with Gasteiger partial charge in [-0.25, -0.2) is 0 Å². The van der Waals surface area contributed by atoms with Crippen LogP contribution < -0.4 is 15.1 Å². The van der Waals surface area contributed by atoms with Gasteiger partial charge in [0, 0.05) is 39.1 Å². The zero-order valence-corrected chi connectivity index (χ0v) is 18.5. The molecule has 1 aromatic heterocycles. The summed E-state index contributed by atoms with van der Waals surface area (Å²) in [6, 6.07) is 0. The summed E-state index contributed by atoms with van der Waals surface area (Å²) < 4.78 is 0. The number of carbonyl (C=O) groups excluding carboxylic acids is 2. The summed E-state index contributed by atoms with van der Waals surface area (Å²) in [7, 11) is 0. The Morgan fingerprint density at radius 2 is 2.03 bits per heavy atom. The van der Waals surface area contributed by atoms with E-state index in [1.54, 1.807) is 4.90 Å². The molecular formula is C20H34N6O2S. The Balaban J connectivity index is 1.48. The van der Waals surface area contributed by atoms with Crippen molar-refractivity contribution in [3.63, 3.8) is 0 Å². The molecule has 0 bridgehead atoms. The van der Waals surface area contributed by atoms with Crippen LogP contribution in [0.4, 0.5) is 10.3 Å². The number of carbonyl (C=O) groups is 2. The van der Waals surface area contributed by atoms with Gasteiger partial charge in [-0.2, -0.15) is 0 Å². The quantitative estimate of drug-likeness (QED) is 0.622. The van der Waals surface area contributed by atoms with Crippen molar-refractivity contribution in [2.45, 2.75) is 52.4 Å². The molecule has 8 nitrogen and oxygen atoms in total. The lowest BCUT2D eigenvalue weighted by atomic mass is 9.97. The van der Waals surface area contributed by atoms with E-state index in [1.165, 1.54) is 24.2 Å². The highest BCUT2D eigenvalue weighted by molar-refractivity contribution is 7.19. The van der Waals surface area contributed by atoms with Crippen LogP contribution in [0.1, 0.15) is 52.4 Å². The second-order valence-corrected chi connectivity index (χ2v) is 8.81. The SMILES string of the molecule is CCCCN(CC)CCNC(=O)[C@H]1CCCN(c2nnc(N3CCCC3=O)s2)C1. The molecule has 2 aliphatic heterocycles. The molecule has 3 rings (SSSR count).